The van der Waals surface area contributed by atoms with Crippen LogP contribution in [-0.4, -0.2) is 30.4 Å². The van der Waals surface area contributed by atoms with E-state index in [1.165, 1.54) is 0 Å². The summed E-state index contributed by atoms with van der Waals surface area (Å²) in [6, 6.07) is 0.135. The van der Waals surface area contributed by atoms with Crippen LogP contribution >= 0.6 is 0 Å². The molecule has 0 aromatic heterocycles. The van der Waals surface area contributed by atoms with Gasteiger partial charge >= 0.3 is 0 Å². The van der Waals surface area contributed by atoms with Gasteiger partial charge in [0.1, 0.15) is 0 Å². The number of hydrogen-bond donors (Lipinski definition) is 3. The van der Waals surface area contributed by atoms with Crippen molar-refractivity contribution >= 4 is 11.8 Å². The second-order valence-electron chi connectivity index (χ2n) is 4.21. The van der Waals surface area contributed by atoms with Crippen LogP contribution in [0.1, 0.15) is 40.0 Å². The third-order valence-corrected chi connectivity index (χ3v) is 2.25. The van der Waals surface area contributed by atoms with Crippen molar-refractivity contribution in [2.75, 3.05) is 6.54 Å². The quantitative estimate of drug-likeness (QED) is 0.553. The van der Waals surface area contributed by atoms with Gasteiger partial charge in [-0.1, -0.05) is 13.3 Å². The smallest absolute Gasteiger partial charge is 0.234 e. The van der Waals surface area contributed by atoms with Crippen molar-refractivity contribution in [1.82, 2.24) is 10.6 Å². The molecule has 0 aliphatic heterocycles. The second kappa shape index (κ2) is 8.10. The summed E-state index contributed by atoms with van der Waals surface area (Å²) in [5.74, 6) is -0.406. The van der Waals surface area contributed by atoms with Crippen molar-refractivity contribution in [1.29, 1.82) is 0 Å². The molecule has 0 saturated carbocycles. The van der Waals surface area contributed by atoms with E-state index >= 15 is 0 Å². The maximum Gasteiger partial charge on any atom is 0.234 e. The zero-order valence-electron chi connectivity index (χ0n) is 10.4. The lowest BCUT2D eigenvalue weighted by Crippen LogP contribution is -2.42. The zero-order chi connectivity index (χ0) is 12.6. The van der Waals surface area contributed by atoms with E-state index in [0.29, 0.717) is 0 Å². The summed E-state index contributed by atoms with van der Waals surface area (Å²) in [6.07, 6.45) is 2.27. The van der Waals surface area contributed by atoms with Gasteiger partial charge in [-0.3, -0.25) is 9.59 Å². The zero-order valence-corrected chi connectivity index (χ0v) is 10.4. The molecule has 0 aromatic carbocycles. The van der Waals surface area contributed by atoms with Crippen LogP contribution in [0.2, 0.25) is 0 Å². The molecular weight excluding hydrogens is 206 g/mol. The molecule has 0 heterocycles. The highest BCUT2D eigenvalue weighted by molar-refractivity contribution is 5.78. The van der Waals surface area contributed by atoms with Crippen LogP contribution in [0.5, 0.6) is 0 Å². The van der Waals surface area contributed by atoms with Gasteiger partial charge in [-0.15, -0.1) is 0 Å². The third kappa shape index (κ3) is 8.23. The van der Waals surface area contributed by atoms with Gasteiger partial charge in [0, 0.05) is 18.5 Å². The summed E-state index contributed by atoms with van der Waals surface area (Å²) in [6.45, 7) is 6.11. The fourth-order valence-corrected chi connectivity index (χ4v) is 1.47. The number of hydrogen-bond acceptors (Lipinski definition) is 3. The lowest BCUT2D eigenvalue weighted by molar-refractivity contribution is -0.122. The first-order valence-electron chi connectivity index (χ1n) is 5.76. The van der Waals surface area contributed by atoms with Gasteiger partial charge in [-0.05, 0) is 20.3 Å². The van der Waals surface area contributed by atoms with E-state index in [-0.39, 0.29) is 36.9 Å². The molecule has 0 spiro atoms. The summed E-state index contributed by atoms with van der Waals surface area (Å²) >= 11 is 0. The molecule has 0 saturated heterocycles. The highest BCUT2D eigenvalue weighted by Gasteiger charge is 2.09. The van der Waals surface area contributed by atoms with Crippen LogP contribution in [0, 0.1) is 0 Å². The SMILES string of the molecule is CCCC(C)NC(=O)CNC(C)CC(N)=O. The monoisotopic (exact) mass is 229 g/mol. The molecule has 2 unspecified atom stereocenters. The Morgan fingerprint density at radius 2 is 1.88 bits per heavy atom. The van der Waals surface area contributed by atoms with Gasteiger partial charge in [0.15, 0.2) is 0 Å². The lowest BCUT2D eigenvalue weighted by Gasteiger charge is -2.15. The van der Waals surface area contributed by atoms with Crippen LogP contribution in [0.25, 0.3) is 0 Å². The Morgan fingerprint density at radius 1 is 1.25 bits per heavy atom. The first-order chi connectivity index (χ1) is 7.45. The van der Waals surface area contributed by atoms with E-state index in [1.807, 2.05) is 13.8 Å². The number of carbonyl (C=O) groups excluding carboxylic acids is 2. The van der Waals surface area contributed by atoms with E-state index in [9.17, 15) is 9.59 Å². The van der Waals surface area contributed by atoms with Crippen LogP contribution in [0.15, 0.2) is 0 Å². The van der Waals surface area contributed by atoms with E-state index < -0.39 is 0 Å². The van der Waals surface area contributed by atoms with Gasteiger partial charge < -0.3 is 16.4 Å². The topological polar surface area (TPSA) is 84.2 Å². The fraction of sp³-hybridized carbons (Fsp3) is 0.818. The molecule has 2 atom stereocenters. The van der Waals surface area contributed by atoms with Crippen molar-refractivity contribution in [2.24, 2.45) is 5.73 Å². The van der Waals surface area contributed by atoms with E-state index in [0.717, 1.165) is 12.8 Å². The maximum absolute atomic E-state index is 11.4. The molecule has 5 nitrogen and oxygen atoms in total. The largest absolute Gasteiger partial charge is 0.370 e. The minimum atomic E-state index is -0.361. The Morgan fingerprint density at radius 3 is 2.38 bits per heavy atom. The van der Waals surface area contributed by atoms with Crippen molar-refractivity contribution in [3.8, 4) is 0 Å². The first-order valence-corrected chi connectivity index (χ1v) is 5.76. The van der Waals surface area contributed by atoms with Crippen molar-refractivity contribution in [3.05, 3.63) is 0 Å². The highest BCUT2D eigenvalue weighted by atomic mass is 16.2. The van der Waals surface area contributed by atoms with E-state index in [2.05, 4.69) is 17.6 Å². The summed E-state index contributed by atoms with van der Waals surface area (Å²) in [4.78, 5) is 22.0. The minimum Gasteiger partial charge on any atom is -0.370 e. The molecule has 0 aliphatic rings. The number of primary amides is 1. The molecule has 16 heavy (non-hydrogen) atoms. The molecule has 0 rings (SSSR count). The Labute approximate surface area is 97.2 Å². The summed E-state index contributed by atoms with van der Waals surface area (Å²) in [5, 5.41) is 5.82. The minimum absolute atomic E-state index is 0.0442. The molecule has 0 fully saturated rings. The lowest BCUT2D eigenvalue weighted by atomic mass is 10.2. The molecule has 0 aromatic rings. The molecule has 2 amide bonds. The van der Waals surface area contributed by atoms with E-state index in [1.54, 1.807) is 0 Å². The average molecular weight is 229 g/mol. The van der Waals surface area contributed by atoms with Crippen molar-refractivity contribution in [3.63, 3.8) is 0 Å². The highest BCUT2D eigenvalue weighted by Crippen LogP contribution is 1.94. The third-order valence-electron chi connectivity index (χ3n) is 2.25. The van der Waals surface area contributed by atoms with Crippen LogP contribution in [0.3, 0.4) is 0 Å². The maximum atomic E-state index is 11.4. The molecule has 5 heteroatoms. The first kappa shape index (κ1) is 14.9. The summed E-state index contributed by atoms with van der Waals surface area (Å²) in [5.41, 5.74) is 5.04. The average Bonchev–Trinajstić information content (AvgIpc) is 2.14. The van der Waals surface area contributed by atoms with E-state index in [4.69, 9.17) is 5.73 Å². The molecule has 0 bridgehead atoms. The van der Waals surface area contributed by atoms with Gasteiger partial charge in [0.2, 0.25) is 11.8 Å². The predicted octanol–water partition coefficient (Wildman–Crippen LogP) is 0.145. The van der Waals surface area contributed by atoms with Crippen LogP contribution in [0.4, 0.5) is 0 Å². The normalized spacial score (nSPS) is 14.2. The predicted molar refractivity (Wildman–Crippen MR) is 63.8 cm³/mol. The number of nitrogens with one attached hydrogen (secondary N) is 2. The van der Waals surface area contributed by atoms with Gasteiger partial charge in [-0.2, -0.15) is 0 Å². The summed E-state index contributed by atoms with van der Waals surface area (Å²) in [7, 11) is 0. The second-order valence-corrected chi connectivity index (χ2v) is 4.21. The Balaban J connectivity index is 3.68. The number of nitrogens with two attached hydrogens (primary N) is 1. The van der Waals surface area contributed by atoms with Crippen LogP contribution in [-0.2, 0) is 9.59 Å². The number of rotatable bonds is 8. The molecule has 4 N–H and O–H groups in total. The molecule has 0 aliphatic carbocycles. The molecule has 0 radical (unpaired) electrons. The Kier molecular flexibility index (Phi) is 7.54. The van der Waals surface area contributed by atoms with Gasteiger partial charge in [0.25, 0.3) is 0 Å². The summed E-state index contributed by atoms with van der Waals surface area (Å²) < 4.78 is 0. The number of amides is 2. The van der Waals surface area contributed by atoms with Crippen molar-refractivity contribution in [2.45, 2.75) is 52.1 Å². The Bertz CT molecular complexity index is 231. The fourth-order valence-electron chi connectivity index (χ4n) is 1.47. The number of carbonyl (C=O) groups is 2. The molecule has 94 valence electrons. The Hall–Kier alpha value is -1.10. The van der Waals surface area contributed by atoms with Gasteiger partial charge in [0.05, 0.1) is 6.54 Å². The van der Waals surface area contributed by atoms with Crippen LogP contribution < -0.4 is 16.4 Å². The molecular formula is C11H23N3O2. The standard InChI is InChI=1S/C11H23N3O2/c1-4-5-8(2)14-11(16)7-13-9(3)6-10(12)15/h8-9,13H,4-7H2,1-3H3,(H2,12,15)(H,14,16). The van der Waals surface area contributed by atoms with Gasteiger partial charge in [-0.25, -0.2) is 0 Å². The van der Waals surface area contributed by atoms with Crippen molar-refractivity contribution < 1.29 is 9.59 Å².